The van der Waals surface area contributed by atoms with Crippen LogP contribution in [0.4, 0.5) is 0 Å². The Hall–Kier alpha value is -0.820. The van der Waals surface area contributed by atoms with Crippen LogP contribution in [0.3, 0.4) is 0 Å². The van der Waals surface area contributed by atoms with Gasteiger partial charge in [0.15, 0.2) is 0 Å². The summed E-state index contributed by atoms with van der Waals surface area (Å²) < 4.78 is 0. The smallest absolute Gasteiger partial charge is 0.0795 e. The number of fused-ring (bicyclic) bond motifs is 1. The Morgan fingerprint density at radius 2 is 1.77 bits per heavy atom. The molecule has 0 spiro atoms. The van der Waals surface area contributed by atoms with Gasteiger partial charge in [0.05, 0.1) is 6.10 Å². The van der Waals surface area contributed by atoms with Crippen LogP contribution in [0.5, 0.6) is 0 Å². The normalized spacial score (nSPS) is 32.7. The van der Waals surface area contributed by atoms with Crippen molar-refractivity contribution < 1.29 is 5.11 Å². The second kappa shape index (κ2) is 3.15. The lowest BCUT2D eigenvalue weighted by Gasteiger charge is -2.31. The van der Waals surface area contributed by atoms with Crippen LogP contribution < -0.4 is 0 Å². The van der Waals surface area contributed by atoms with Gasteiger partial charge in [-0.05, 0) is 29.4 Å². The van der Waals surface area contributed by atoms with E-state index in [1.807, 2.05) is 12.1 Å². The second-order valence-corrected chi connectivity index (χ2v) is 4.15. The van der Waals surface area contributed by atoms with E-state index in [1.165, 1.54) is 5.56 Å². The van der Waals surface area contributed by atoms with Crippen LogP contribution in [0.1, 0.15) is 43.4 Å². The molecule has 0 aromatic heterocycles. The van der Waals surface area contributed by atoms with Gasteiger partial charge in [-0.3, -0.25) is 0 Å². The topological polar surface area (TPSA) is 20.2 Å². The van der Waals surface area contributed by atoms with Crippen molar-refractivity contribution >= 4 is 0 Å². The largest absolute Gasteiger partial charge is 0.388 e. The van der Waals surface area contributed by atoms with E-state index < -0.39 is 0 Å². The van der Waals surface area contributed by atoms with Gasteiger partial charge in [-0.15, -0.1) is 0 Å². The molecule has 0 saturated carbocycles. The third-order valence-electron chi connectivity index (χ3n) is 3.29. The lowest BCUT2D eigenvalue weighted by molar-refractivity contribution is 0.128. The Kier molecular flexibility index (Phi) is 2.12. The van der Waals surface area contributed by atoms with E-state index in [-0.39, 0.29) is 6.10 Å². The van der Waals surface area contributed by atoms with Gasteiger partial charge in [-0.1, -0.05) is 38.1 Å². The maximum Gasteiger partial charge on any atom is 0.0795 e. The zero-order chi connectivity index (χ0) is 9.42. The molecule has 70 valence electrons. The first-order valence-electron chi connectivity index (χ1n) is 4.97. The summed E-state index contributed by atoms with van der Waals surface area (Å²) in [5, 5.41) is 9.85. The summed E-state index contributed by atoms with van der Waals surface area (Å²) in [4.78, 5) is 0. The van der Waals surface area contributed by atoms with Crippen molar-refractivity contribution in [2.24, 2.45) is 5.92 Å². The number of benzene rings is 1. The summed E-state index contributed by atoms with van der Waals surface area (Å²) >= 11 is 0. The van der Waals surface area contributed by atoms with Gasteiger partial charge >= 0.3 is 0 Å². The van der Waals surface area contributed by atoms with Gasteiger partial charge in [0, 0.05) is 0 Å². The third-order valence-corrected chi connectivity index (χ3v) is 3.29. The number of hydrogen-bond acceptors (Lipinski definition) is 1. The molecule has 0 amide bonds. The summed E-state index contributed by atoms with van der Waals surface area (Å²) in [6.07, 6.45) is 0.653. The second-order valence-electron chi connectivity index (χ2n) is 4.15. The standard InChI is InChI=1S/C12H16O/c1-8-7-12(13)11-6-4-3-5-10(11)9(8)2/h3-6,8-9,12-13H,7H2,1-2H3. The van der Waals surface area contributed by atoms with E-state index in [1.54, 1.807) is 0 Å². The predicted octanol–water partition coefficient (Wildman–Crippen LogP) is 2.86. The van der Waals surface area contributed by atoms with Crippen LogP contribution in [-0.4, -0.2) is 5.11 Å². The minimum atomic E-state index is -0.248. The van der Waals surface area contributed by atoms with Gasteiger partial charge in [0.25, 0.3) is 0 Å². The lowest BCUT2D eigenvalue weighted by Crippen LogP contribution is -2.19. The fourth-order valence-electron chi connectivity index (χ4n) is 2.22. The van der Waals surface area contributed by atoms with Gasteiger partial charge in [-0.25, -0.2) is 0 Å². The van der Waals surface area contributed by atoms with Crippen LogP contribution >= 0.6 is 0 Å². The van der Waals surface area contributed by atoms with Crippen LogP contribution in [0.25, 0.3) is 0 Å². The summed E-state index contributed by atoms with van der Waals surface area (Å²) in [5.74, 6) is 1.17. The molecule has 1 aromatic carbocycles. The molecule has 0 aliphatic heterocycles. The lowest BCUT2D eigenvalue weighted by atomic mass is 9.76. The molecule has 0 bridgehead atoms. The molecular formula is C12H16O. The molecule has 2 rings (SSSR count). The summed E-state index contributed by atoms with van der Waals surface area (Å²) in [5.41, 5.74) is 2.46. The number of aliphatic hydroxyl groups is 1. The number of aliphatic hydroxyl groups excluding tert-OH is 1. The molecule has 1 aliphatic carbocycles. The van der Waals surface area contributed by atoms with Crippen LogP contribution in [-0.2, 0) is 0 Å². The van der Waals surface area contributed by atoms with Crippen molar-refractivity contribution in [1.29, 1.82) is 0 Å². The minimum absolute atomic E-state index is 0.248. The first kappa shape index (κ1) is 8.76. The molecule has 0 fully saturated rings. The first-order chi connectivity index (χ1) is 6.20. The first-order valence-corrected chi connectivity index (χ1v) is 4.97. The van der Waals surface area contributed by atoms with Crippen molar-refractivity contribution in [3.8, 4) is 0 Å². The summed E-state index contributed by atoms with van der Waals surface area (Å²) in [6.45, 7) is 4.46. The van der Waals surface area contributed by atoms with Crippen molar-refractivity contribution in [2.45, 2.75) is 32.3 Å². The molecule has 13 heavy (non-hydrogen) atoms. The summed E-state index contributed by atoms with van der Waals surface area (Å²) in [6, 6.07) is 8.24. The van der Waals surface area contributed by atoms with E-state index >= 15 is 0 Å². The molecular weight excluding hydrogens is 160 g/mol. The Bertz CT molecular complexity index is 306. The molecule has 0 radical (unpaired) electrons. The average molecular weight is 176 g/mol. The van der Waals surface area contributed by atoms with Crippen LogP contribution in [0.15, 0.2) is 24.3 Å². The maximum absolute atomic E-state index is 9.85. The SMILES string of the molecule is CC1CC(O)c2ccccc2C1C. The molecule has 3 atom stereocenters. The average Bonchev–Trinajstić information content (AvgIpc) is 2.15. The van der Waals surface area contributed by atoms with Crippen LogP contribution in [0.2, 0.25) is 0 Å². The Morgan fingerprint density at radius 1 is 1.15 bits per heavy atom. The molecule has 3 unspecified atom stereocenters. The third kappa shape index (κ3) is 1.37. The minimum Gasteiger partial charge on any atom is -0.388 e. The van der Waals surface area contributed by atoms with E-state index in [0.29, 0.717) is 11.8 Å². The van der Waals surface area contributed by atoms with Gasteiger partial charge < -0.3 is 5.11 Å². The molecule has 0 saturated heterocycles. The van der Waals surface area contributed by atoms with E-state index in [9.17, 15) is 5.11 Å². The molecule has 1 nitrogen and oxygen atoms in total. The number of rotatable bonds is 0. The molecule has 1 heteroatoms. The highest BCUT2D eigenvalue weighted by atomic mass is 16.3. The van der Waals surface area contributed by atoms with E-state index in [0.717, 1.165) is 12.0 Å². The fourth-order valence-corrected chi connectivity index (χ4v) is 2.22. The monoisotopic (exact) mass is 176 g/mol. The highest BCUT2D eigenvalue weighted by Crippen LogP contribution is 2.40. The zero-order valence-corrected chi connectivity index (χ0v) is 8.20. The van der Waals surface area contributed by atoms with E-state index in [4.69, 9.17) is 0 Å². The molecule has 0 heterocycles. The Balaban J connectivity index is 2.47. The quantitative estimate of drug-likeness (QED) is 0.644. The van der Waals surface area contributed by atoms with E-state index in [2.05, 4.69) is 26.0 Å². The molecule has 1 aromatic rings. The van der Waals surface area contributed by atoms with Gasteiger partial charge in [-0.2, -0.15) is 0 Å². The fraction of sp³-hybridized carbons (Fsp3) is 0.500. The Labute approximate surface area is 79.4 Å². The van der Waals surface area contributed by atoms with Crippen LogP contribution in [0, 0.1) is 5.92 Å². The molecule has 1 aliphatic rings. The molecule has 1 N–H and O–H groups in total. The number of hydrogen-bond donors (Lipinski definition) is 1. The van der Waals surface area contributed by atoms with Crippen molar-refractivity contribution in [2.75, 3.05) is 0 Å². The Morgan fingerprint density at radius 3 is 2.46 bits per heavy atom. The highest BCUT2D eigenvalue weighted by Gasteiger charge is 2.27. The van der Waals surface area contributed by atoms with Crippen molar-refractivity contribution in [3.63, 3.8) is 0 Å². The summed E-state index contributed by atoms with van der Waals surface area (Å²) in [7, 11) is 0. The van der Waals surface area contributed by atoms with Crippen molar-refractivity contribution in [1.82, 2.24) is 0 Å². The maximum atomic E-state index is 9.85. The highest BCUT2D eigenvalue weighted by molar-refractivity contribution is 5.34. The predicted molar refractivity (Wildman–Crippen MR) is 53.6 cm³/mol. The van der Waals surface area contributed by atoms with Gasteiger partial charge in [0.1, 0.15) is 0 Å². The van der Waals surface area contributed by atoms with Crippen molar-refractivity contribution in [3.05, 3.63) is 35.4 Å². The zero-order valence-electron chi connectivity index (χ0n) is 8.20. The van der Waals surface area contributed by atoms with Gasteiger partial charge in [0.2, 0.25) is 0 Å².